The second-order valence-corrected chi connectivity index (χ2v) is 5.48. The zero-order valence-electron chi connectivity index (χ0n) is 11.4. The second-order valence-electron chi connectivity index (χ2n) is 5.48. The van der Waals surface area contributed by atoms with Crippen molar-refractivity contribution < 1.29 is 0 Å². The van der Waals surface area contributed by atoms with Gasteiger partial charge in [0.1, 0.15) is 5.82 Å². The number of nitrogens with one attached hydrogen (secondary N) is 1. The zero-order valence-corrected chi connectivity index (χ0v) is 11.4. The van der Waals surface area contributed by atoms with Crippen LogP contribution in [0.15, 0.2) is 18.3 Å². The molecule has 0 spiro atoms. The molecule has 1 aromatic heterocycles. The van der Waals surface area contributed by atoms with Gasteiger partial charge in [0.15, 0.2) is 0 Å². The van der Waals surface area contributed by atoms with Crippen molar-refractivity contribution in [1.29, 1.82) is 0 Å². The van der Waals surface area contributed by atoms with Crippen LogP contribution >= 0.6 is 0 Å². The Morgan fingerprint density at radius 3 is 3.11 bits per heavy atom. The molecule has 1 fully saturated rings. The van der Waals surface area contributed by atoms with E-state index < -0.39 is 0 Å². The van der Waals surface area contributed by atoms with Crippen molar-refractivity contribution >= 4 is 5.82 Å². The Balaban J connectivity index is 1.85. The van der Waals surface area contributed by atoms with Gasteiger partial charge in [-0.3, -0.25) is 0 Å². The number of anilines is 1. The molecule has 1 heterocycles. The first-order valence-corrected chi connectivity index (χ1v) is 7.21. The molecule has 0 aromatic carbocycles. The van der Waals surface area contributed by atoms with Gasteiger partial charge in [-0.25, -0.2) is 4.98 Å². The monoisotopic (exact) mass is 247 g/mol. The first-order valence-electron chi connectivity index (χ1n) is 7.21. The van der Waals surface area contributed by atoms with Gasteiger partial charge in [-0.15, -0.1) is 0 Å². The lowest BCUT2D eigenvalue weighted by Gasteiger charge is -2.30. The van der Waals surface area contributed by atoms with E-state index in [0.29, 0.717) is 5.82 Å². The van der Waals surface area contributed by atoms with Gasteiger partial charge in [-0.1, -0.05) is 19.8 Å². The fourth-order valence-corrected chi connectivity index (χ4v) is 2.96. The van der Waals surface area contributed by atoms with Crippen LogP contribution < -0.4 is 11.1 Å². The molecule has 1 aliphatic carbocycles. The van der Waals surface area contributed by atoms with E-state index in [1.807, 2.05) is 12.3 Å². The molecule has 0 bridgehead atoms. The van der Waals surface area contributed by atoms with Gasteiger partial charge >= 0.3 is 0 Å². The van der Waals surface area contributed by atoms with Crippen LogP contribution in [0.5, 0.6) is 0 Å². The first kappa shape index (κ1) is 13.3. The number of rotatable bonds is 5. The molecule has 3 nitrogen and oxygen atoms in total. The van der Waals surface area contributed by atoms with E-state index in [0.717, 1.165) is 24.9 Å². The van der Waals surface area contributed by atoms with Gasteiger partial charge in [0.2, 0.25) is 0 Å². The molecule has 2 atom stereocenters. The van der Waals surface area contributed by atoms with Gasteiger partial charge in [0.05, 0.1) is 0 Å². The molecular weight excluding hydrogens is 222 g/mol. The number of pyridine rings is 1. The first-order chi connectivity index (χ1) is 8.78. The summed E-state index contributed by atoms with van der Waals surface area (Å²) in [6.45, 7) is 3.38. The van der Waals surface area contributed by atoms with Crippen LogP contribution in [-0.2, 0) is 6.42 Å². The summed E-state index contributed by atoms with van der Waals surface area (Å²) in [6, 6.07) is 4.84. The molecule has 0 aliphatic heterocycles. The van der Waals surface area contributed by atoms with Crippen molar-refractivity contribution in [3.63, 3.8) is 0 Å². The Morgan fingerprint density at radius 2 is 2.33 bits per heavy atom. The largest absolute Gasteiger partial charge is 0.384 e. The van der Waals surface area contributed by atoms with Crippen LogP contribution in [0.1, 0.15) is 44.6 Å². The summed E-state index contributed by atoms with van der Waals surface area (Å²) in [5.41, 5.74) is 7.07. The minimum Gasteiger partial charge on any atom is -0.384 e. The summed E-state index contributed by atoms with van der Waals surface area (Å²) in [7, 11) is 0. The van der Waals surface area contributed by atoms with E-state index in [-0.39, 0.29) is 0 Å². The minimum atomic E-state index is 0.643. The quantitative estimate of drug-likeness (QED) is 0.841. The molecule has 0 saturated heterocycles. The zero-order chi connectivity index (χ0) is 12.8. The Kier molecular flexibility index (Phi) is 5.00. The molecule has 0 amide bonds. The van der Waals surface area contributed by atoms with Crippen LogP contribution in [0.2, 0.25) is 0 Å². The van der Waals surface area contributed by atoms with Gasteiger partial charge in [-0.2, -0.15) is 0 Å². The molecule has 0 radical (unpaired) electrons. The smallest absolute Gasteiger partial charge is 0.123 e. The van der Waals surface area contributed by atoms with Gasteiger partial charge < -0.3 is 11.1 Å². The Hall–Kier alpha value is -1.09. The highest BCUT2D eigenvalue weighted by atomic mass is 14.9. The highest BCUT2D eigenvalue weighted by molar-refractivity contribution is 5.32. The lowest BCUT2D eigenvalue weighted by molar-refractivity contribution is 0.284. The number of hydrogen-bond donors (Lipinski definition) is 2. The van der Waals surface area contributed by atoms with Crippen molar-refractivity contribution in [2.24, 2.45) is 5.92 Å². The number of nitrogens with two attached hydrogens (primary N) is 1. The molecule has 1 aromatic rings. The molecule has 3 N–H and O–H groups in total. The molecule has 18 heavy (non-hydrogen) atoms. The van der Waals surface area contributed by atoms with Gasteiger partial charge in [0.25, 0.3) is 0 Å². The Labute approximate surface area is 110 Å². The van der Waals surface area contributed by atoms with E-state index >= 15 is 0 Å². The van der Waals surface area contributed by atoms with Gasteiger partial charge in [0, 0.05) is 12.2 Å². The lowest BCUT2D eigenvalue weighted by atomic mass is 9.82. The van der Waals surface area contributed by atoms with E-state index in [9.17, 15) is 0 Å². The molecule has 100 valence electrons. The molecule has 1 saturated carbocycles. The summed E-state index contributed by atoms with van der Waals surface area (Å²) < 4.78 is 0. The summed E-state index contributed by atoms with van der Waals surface area (Å²) >= 11 is 0. The van der Waals surface area contributed by atoms with Crippen LogP contribution in [0, 0.1) is 5.92 Å². The predicted octanol–water partition coefficient (Wildman–Crippen LogP) is 2.76. The second kappa shape index (κ2) is 6.74. The lowest BCUT2D eigenvalue weighted by Crippen LogP contribution is -2.35. The number of nitrogens with zero attached hydrogens (tertiary/aromatic N) is 1. The summed E-state index contributed by atoms with van der Waals surface area (Å²) in [6.07, 6.45) is 9.55. The highest BCUT2D eigenvalue weighted by Crippen LogP contribution is 2.27. The van der Waals surface area contributed by atoms with Gasteiger partial charge in [-0.05, 0) is 55.8 Å². The van der Waals surface area contributed by atoms with Crippen molar-refractivity contribution in [3.8, 4) is 0 Å². The average molecular weight is 247 g/mol. The topological polar surface area (TPSA) is 50.9 Å². The van der Waals surface area contributed by atoms with E-state index in [2.05, 4.69) is 23.3 Å². The standard InChI is InChI=1S/C15H25N3/c1-2-7-17-14-5-3-4-12(10-14)9-13-6-8-18-15(16)11-13/h6,8,11-12,14,17H,2-5,7,9-10H2,1H3,(H2,16,18). The maximum atomic E-state index is 5.73. The van der Waals surface area contributed by atoms with Crippen LogP contribution in [0.3, 0.4) is 0 Å². The normalized spacial score (nSPS) is 24.1. The van der Waals surface area contributed by atoms with E-state index in [4.69, 9.17) is 5.73 Å². The SMILES string of the molecule is CCCNC1CCCC(Cc2ccnc(N)c2)C1. The van der Waals surface area contributed by atoms with Crippen LogP contribution in [0.4, 0.5) is 5.82 Å². The average Bonchev–Trinajstić information content (AvgIpc) is 2.37. The number of aromatic nitrogens is 1. The number of nitrogen functional groups attached to an aromatic ring is 1. The van der Waals surface area contributed by atoms with Crippen LogP contribution in [0.25, 0.3) is 0 Å². The molecule has 2 unspecified atom stereocenters. The maximum absolute atomic E-state index is 5.73. The third-order valence-corrected chi connectivity index (χ3v) is 3.84. The highest BCUT2D eigenvalue weighted by Gasteiger charge is 2.21. The molecule has 3 heteroatoms. The van der Waals surface area contributed by atoms with Crippen molar-refractivity contribution in [2.45, 2.75) is 51.5 Å². The maximum Gasteiger partial charge on any atom is 0.123 e. The van der Waals surface area contributed by atoms with Crippen molar-refractivity contribution in [2.75, 3.05) is 12.3 Å². The third kappa shape index (κ3) is 3.98. The fourth-order valence-electron chi connectivity index (χ4n) is 2.96. The molecule has 1 aliphatic rings. The Morgan fingerprint density at radius 1 is 1.44 bits per heavy atom. The molecule has 2 rings (SSSR count). The minimum absolute atomic E-state index is 0.643. The summed E-state index contributed by atoms with van der Waals surface area (Å²) in [5, 5.41) is 3.66. The van der Waals surface area contributed by atoms with Crippen molar-refractivity contribution in [3.05, 3.63) is 23.9 Å². The number of hydrogen-bond acceptors (Lipinski definition) is 3. The predicted molar refractivity (Wildman–Crippen MR) is 76.4 cm³/mol. The van der Waals surface area contributed by atoms with E-state index in [1.54, 1.807) is 0 Å². The molecular formula is C15H25N3. The third-order valence-electron chi connectivity index (χ3n) is 3.84. The van der Waals surface area contributed by atoms with E-state index in [1.165, 1.54) is 37.7 Å². The van der Waals surface area contributed by atoms with Crippen molar-refractivity contribution in [1.82, 2.24) is 10.3 Å². The summed E-state index contributed by atoms with van der Waals surface area (Å²) in [5.74, 6) is 1.44. The Bertz CT molecular complexity index is 365. The fraction of sp³-hybridized carbons (Fsp3) is 0.667. The van der Waals surface area contributed by atoms with Crippen LogP contribution in [-0.4, -0.2) is 17.6 Å². The summed E-state index contributed by atoms with van der Waals surface area (Å²) in [4.78, 5) is 4.05.